The lowest BCUT2D eigenvalue weighted by molar-refractivity contribution is -0.140. The fraction of sp³-hybridized carbons (Fsp3) is 0.333. The standard InChI is InChI=1S/C12H14O6S/c1-18-10(13)7-8-19(16,17)11(12(14)15)9-5-3-2-4-6-9/h2-6,11H,7-8H2,1H3,(H,14,15). The van der Waals surface area contributed by atoms with Gasteiger partial charge in [0.25, 0.3) is 0 Å². The van der Waals surface area contributed by atoms with Gasteiger partial charge in [-0.05, 0) is 5.56 Å². The number of hydrogen-bond acceptors (Lipinski definition) is 5. The van der Waals surface area contributed by atoms with E-state index in [1.54, 1.807) is 18.2 Å². The Morgan fingerprint density at radius 1 is 1.26 bits per heavy atom. The Bertz CT molecular complexity index is 549. The largest absolute Gasteiger partial charge is 0.480 e. The molecule has 1 aromatic rings. The van der Waals surface area contributed by atoms with Crippen LogP contribution in [0.5, 0.6) is 0 Å². The van der Waals surface area contributed by atoms with E-state index < -0.39 is 32.8 Å². The molecule has 0 aliphatic heterocycles. The number of aliphatic carboxylic acids is 1. The van der Waals surface area contributed by atoms with Gasteiger partial charge in [-0.25, -0.2) is 8.42 Å². The Morgan fingerprint density at radius 3 is 2.32 bits per heavy atom. The van der Waals surface area contributed by atoms with E-state index in [1.807, 2.05) is 0 Å². The van der Waals surface area contributed by atoms with Crippen LogP contribution in [0.15, 0.2) is 30.3 Å². The number of benzene rings is 1. The van der Waals surface area contributed by atoms with Crippen molar-refractivity contribution in [1.82, 2.24) is 0 Å². The molecule has 0 aliphatic carbocycles. The third-order valence-electron chi connectivity index (χ3n) is 2.50. The Labute approximate surface area is 110 Å². The van der Waals surface area contributed by atoms with Crippen LogP contribution >= 0.6 is 0 Å². The second-order valence-electron chi connectivity index (χ2n) is 3.82. The maximum absolute atomic E-state index is 12.0. The lowest BCUT2D eigenvalue weighted by atomic mass is 10.1. The van der Waals surface area contributed by atoms with Crippen LogP contribution in [-0.4, -0.2) is 38.3 Å². The predicted octanol–water partition coefficient (Wildman–Crippen LogP) is 0.790. The van der Waals surface area contributed by atoms with Crippen LogP contribution < -0.4 is 0 Å². The second-order valence-corrected chi connectivity index (χ2v) is 6.03. The van der Waals surface area contributed by atoms with Crippen molar-refractivity contribution in [3.63, 3.8) is 0 Å². The fourth-order valence-electron chi connectivity index (χ4n) is 1.58. The summed E-state index contributed by atoms with van der Waals surface area (Å²) in [5.74, 6) is -2.72. The minimum atomic E-state index is -3.98. The van der Waals surface area contributed by atoms with Crippen molar-refractivity contribution in [2.24, 2.45) is 0 Å². The minimum Gasteiger partial charge on any atom is -0.480 e. The van der Waals surface area contributed by atoms with Crippen LogP contribution in [-0.2, 0) is 24.2 Å². The number of methoxy groups -OCH3 is 1. The summed E-state index contributed by atoms with van der Waals surface area (Å²) in [6.45, 7) is 0. The molecule has 1 unspecified atom stereocenters. The zero-order chi connectivity index (χ0) is 14.5. The summed E-state index contributed by atoms with van der Waals surface area (Å²) < 4.78 is 28.3. The number of carbonyl (C=O) groups excluding carboxylic acids is 1. The average molecular weight is 286 g/mol. The van der Waals surface area contributed by atoms with Gasteiger partial charge in [-0.1, -0.05) is 30.3 Å². The van der Waals surface area contributed by atoms with Crippen LogP contribution in [0.1, 0.15) is 17.2 Å². The van der Waals surface area contributed by atoms with Gasteiger partial charge in [-0.3, -0.25) is 9.59 Å². The Balaban J connectivity index is 3.00. The maximum atomic E-state index is 12.0. The highest BCUT2D eigenvalue weighted by molar-refractivity contribution is 7.92. The summed E-state index contributed by atoms with van der Waals surface area (Å²) in [6.07, 6.45) is -0.366. The molecule has 0 heterocycles. The quantitative estimate of drug-likeness (QED) is 0.776. The number of sulfone groups is 1. The molecule has 0 bridgehead atoms. The zero-order valence-electron chi connectivity index (χ0n) is 10.3. The van der Waals surface area contributed by atoms with E-state index in [9.17, 15) is 18.0 Å². The molecule has 0 saturated heterocycles. The van der Waals surface area contributed by atoms with E-state index in [0.29, 0.717) is 0 Å². The molecule has 104 valence electrons. The lowest BCUT2D eigenvalue weighted by Crippen LogP contribution is -2.25. The van der Waals surface area contributed by atoms with E-state index >= 15 is 0 Å². The van der Waals surface area contributed by atoms with Gasteiger partial charge >= 0.3 is 11.9 Å². The Kier molecular flexibility index (Phi) is 5.05. The summed E-state index contributed by atoms with van der Waals surface area (Å²) in [6, 6.07) is 7.62. The molecule has 0 radical (unpaired) electrons. The van der Waals surface area contributed by atoms with Gasteiger partial charge in [0.15, 0.2) is 15.1 Å². The predicted molar refractivity (Wildman–Crippen MR) is 67.2 cm³/mol. The first-order valence-corrected chi connectivity index (χ1v) is 7.16. The van der Waals surface area contributed by atoms with Gasteiger partial charge in [0.05, 0.1) is 19.3 Å². The number of hydrogen-bond donors (Lipinski definition) is 1. The first-order chi connectivity index (χ1) is 8.88. The van der Waals surface area contributed by atoms with Crippen LogP contribution in [0.2, 0.25) is 0 Å². The normalized spacial score (nSPS) is 12.7. The minimum absolute atomic E-state index is 0.167. The number of carboxylic acid groups (broad SMARTS) is 1. The van der Waals surface area contributed by atoms with Crippen molar-refractivity contribution in [1.29, 1.82) is 0 Å². The second kappa shape index (κ2) is 6.33. The van der Waals surface area contributed by atoms with Gasteiger partial charge in [0.1, 0.15) is 0 Å². The molecule has 1 aromatic carbocycles. The fourth-order valence-corrected chi connectivity index (χ4v) is 3.14. The summed E-state index contributed by atoms with van der Waals surface area (Å²) in [7, 11) is -2.84. The van der Waals surface area contributed by atoms with Gasteiger partial charge in [0.2, 0.25) is 0 Å². The molecular formula is C12H14O6S. The van der Waals surface area contributed by atoms with Crippen molar-refractivity contribution in [3.05, 3.63) is 35.9 Å². The number of rotatable bonds is 6. The SMILES string of the molecule is COC(=O)CCS(=O)(=O)C(C(=O)O)c1ccccc1. The van der Waals surface area contributed by atoms with E-state index in [2.05, 4.69) is 4.74 Å². The van der Waals surface area contributed by atoms with E-state index in [0.717, 1.165) is 7.11 Å². The average Bonchev–Trinajstić information content (AvgIpc) is 2.36. The van der Waals surface area contributed by atoms with E-state index in [4.69, 9.17) is 5.11 Å². The highest BCUT2D eigenvalue weighted by atomic mass is 32.2. The molecule has 19 heavy (non-hydrogen) atoms. The van der Waals surface area contributed by atoms with E-state index in [-0.39, 0.29) is 12.0 Å². The summed E-state index contributed by atoms with van der Waals surface area (Å²) >= 11 is 0. The third kappa shape index (κ3) is 4.06. The molecule has 0 aromatic heterocycles. The van der Waals surface area contributed by atoms with Gasteiger partial charge < -0.3 is 9.84 Å². The molecule has 0 spiro atoms. The smallest absolute Gasteiger partial charge is 0.326 e. The van der Waals surface area contributed by atoms with Crippen LogP contribution in [0, 0.1) is 0 Å². The molecule has 0 fully saturated rings. The molecule has 1 N–H and O–H groups in total. The van der Waals surface area contributed by atoms with Crippen molar-refractivity contribution in [3.8, 4) is 0 Å². The molecule has 0 amide bonds. The first kappa shape index (κ1) is 15.2. The summed E-state index contributed by atoms with van der Waals surface area (Å²) in [4.78, 5) is 22.1. The maximum Gasteiger partial charge on any atom is 0.326 e. The molecule has 0 saturated carbocycles. The number of carbonyl (C=O) groups is 2. The topological polar surface area (TPSA) is 97.7 Å². The molecule has 0 aliphatic rings. The zero-order valence-corrected chi connectivity index (χ0v) is 11.1. The van der Waals surface area contributed by atoms with Gasteiger partial charge in [0, 0.05) is 0 Å². The van der Waals surface area contributed by atoms with Gasteiger partial charge in [-0.15, -0.1) is 0 Å². The van der Waals surface area contributed by atoms with Crippen molar-refractivity contribution >= 4 is 21.8 Å². The van der Waals surface area contributed by atoms with E-state index in [1.165, 1.54) is 12.1 Å². The Morgan fingerprint density at radius 2 is 1.84 bits per heavy atom. The molecule has 7 heteroatoms. The molecule has 1 rings (SSSR count). The van der Waals surface area contributed by atoms with Crippen molar-refractivity contribution in [2.75, 3.05) is 12.9 Å². The van der Waals surface area contributed by atoms with Crippen LogP contribution in [0.3, 0.4) is 0 Å². The first-order valence-electron chi connectivity index (χ1n) is 5.44. The highest BCUT2D eigenvalue weighted by Gasteiger charge is 2.34. The van der Waals surface area contributed by atoms with Gasteiger partial charge in [-0.2, -0.15) is 0 Å². The third-order valence-corrected chi connectivity index (χ3v) is 4.47. The molecule has 6 nitrogen and oxygen atoms in total. The van der Waals surface area contributed by atoms with Crippen LogP contribution in [0.25, 0.3) is 0 Å². The number of carboxylic acids is 1. The highest BCUT2D eigenvalue weighted by Crippen LogP contribution is 2.24. The number of ether oxygens (including phenoxy) is 1. The van der Waals surface area contributed by atoms with Crippen molar-refractivity contribution in [2.45, 2.75) is 11.7 Å². The lowest BCUT2D eigenvalue weighted by Gasteiger charge is -2.13. The molecular weight excluding hydrogens is 272 g/mol. The summed E-state index contributed by atoms with van der Waals surface area (Å²) in [5.41, 5.74) is 0.167. The summed E-state index contributed by atoms with van der Waals surface area (Å²) in [5, 5.41) is 7.42. The molecule has 1 atom stereocenters. The monoisotopic (exact) mass is 286 g/mol. The van der Waals surface area contributed by atoms with Crippen molar-refractivity contribution < 1.29 is 27.9 Å². The Hall–Kier alpha value is -1.89. The van der Waals surface area contributed by atoms with Crippen LogP contribution in [0.4, 0.5) is 0 Å². The number of esters is 1.